The van der Waals surface area contributed by atoms with Crippen LogP contribution in [0.3, 0.4) is 0 Å². The second kappa shape index (κ2) is 6.33. The van der Waals surface area contributed by atoms with E-state index in [-0.39, 0.29) is 19.0 Å². The zero-order valence-corrected chi connectivity index (χ0v) is 8.40. The van der Waals surface area contributed by atoms with E-state index in [4.69, 9.17) is 15.6 Å². The summed E-state index contributed by atoms with van der Waals surface area (Å²) >= 11 is 0. The van der Waals surface area contributed by atoms with Gasteiger partial charge in [-0.05, 0) is 6.92 Å². The molecule has 6 heteroatoms. The van der Waals surface area contributed by atoms with Crippen molar-refractivity contribution < 1.29 is 19.4 Å². The Morgan fingerprint density at radius 1 is 1.57 bits per heavy atom. The van der Waals surface area contributed by atoms with Gasteiger partial charge in [-0.15, -0.1) is 0 Å². The van der Waals surface area contributed by atoms with Crippen molar-refractivity contribution in [3.8, 4) is 0 Å². The van der Waals surface area contributed by atoms with Crippen LogP contribution >= 0.6 is 0 Å². The Hall–Kier alpha value is -1.14. The number of methoxy groups -OCH3 is 1. The van der Waals surface area contributed by atoms with Crippen LogP contribution in [0, 0.1) is 0 Å². The number of hydrogen-bond donors (Lipinski definition) is 2. The number of rotatable bonds is 6. The maximum atomic E-state index is 11.4. The number of carbonyl (C=O) groups excluding carboxylic acids is 1. The molecule has 82 valence electrons. The van der Waals surface area contributed by atoms with Crippen LogP contribution in [0.2, 0.25) is 0 Å². The van der Waals surface area contributed by atoms with E-state index in [1.54, 1.807) is 0 Å². The molecule has 0 aromatic carbocycles. The SMILES string of the molecule is COCCN(CC(=O)O)C(=O)[C@@H](C)N. The van der Waals surface area contributed by atoms with Gasteiger partial charge in [0.2, 0.25) is 5.91 Å². The monoisotopic (exact) mass is 204 g/mol. The molecule has 0 radical (unpaired) electrons. The summed E-state index contributed by atoms with van der Waals surface area (Å²) in [5, 5.41) is 8.54. The van der Waals surface area contributed by atoms with Crippen molar-refractivity contribution in [2.24, 2.45) is 5.73 Å². The molecule has 3 N–H and O–H groups in total. The first kappa shape index (κ1) is 12.9. The third kappa shape index (κ3) is 4.78. The molecular weight excluding hydrogens is 188 g/mol. The lowest BCUT2D eigenvalue weighted by atomic mass is 10.3. The summed E-state index contributed by atoms with van der Waals surface area (Å²) in [5.74, 6) is -1.44. The first-order valence-electron chi connectivity index (χ1n) is 4.24. The Kier molecular flexibility index (Phi) is 5.82. The molecule has 0 fully saturated rings. The fourth-order valence-corrected chi connectivity index (χ4v) is 0.920. The molecule has 6 nitrogen and oxygen atoms in total. The number of nitrogens with zero attached hydrogens (tertiary/aromatic N) is 1. The van der Waals surface area contributed by atoms with E-state index in [0.29, 0.717) is 6.61 Å². The summed E-state index contributed by atoms with van der Waals surface area (Å²) in [6.45, 7) is 1.71. The van der Waals surface area contributed by atoms with Gasteiger partial charge in [0, 0.05) is 13.7 Å². The van der Waals surface area contributed by atoms with Gasteiger partial charge in [-0.25, -0.2) is 0 Å². The van der Waals surface area contributed by atoms with Crippen LogP contribution in [-0.2, 0) is 14.3 Å². The van der Waals surface area contributed by atoms with Crippen molar-refractivity contribution in [3.05, 3.63) is 0 Å². The minimum atomic E-state index is -1.06. The Morgan fingerprint density at radius 3 is 2.50 bits per heavy atom. The van der Waals surface area contributed by atoms with Crippen molar-refractivity contribution in [3.63, 3.8) is 0 Å². The van der Waals surface area contributed by atoms with Crippen molar-refractivity contribution in [1.29, 1.82) is 0 Å². The lowest BCUT2D eigenvalue weighted by molar-refractivity contribution is -0.145. The van der Waals surface area contributed by atoms with Gasteiger partial charge in [0.15, 0.2) is 0 Å². The van der Waals surface area contributed by atoms with E-state index >= 15 is 0 Å². The van der Waals surface area contributed by atoms with E-state index in [1.165, 1.54) is 14.0 Å². The van der Waals surface area contributed by atoms with Crippen molar-refractivity contribution in [2.45, 2.75) is 13.0 Å². The summed E-state index contributed by atoms with van der Waals surface area (Å²) in [6.07, 6.45) is 0. The molecule has 0 spiro atoms. The van der Waals surface area contributed by atoms with Crippen LogP contribution in [0.25, 0.3) is 0 Å². The van der Waals surface area contributed by atoms with Crippen molar-refractivity contribution in [2.75, 3.05) is 26.8 Å². The molecule has 14 heavy (non-hydrogen) atoms. The van der Waals surface area contributed by atoms with Gasteiger partial charge < -0.3 is 20.5 Å². The van der Waals surface area contributed by atoms with Gasteiger partial charge in [0.25, 0.3) is 0 Å². The summed E-state index contributed by atoms with van der Waals surface area (Å²) in [7, 11) is 1.48. The standard InChI is InChI=1S/C8H16N2O4/c1-6(9)8(13)10(3-4-14-2)5-7(11)12/h6H,3-5,9H2,1-2H3,(H,11,12)/t6-/m1/s1. The smallest absolute Gasteiger partial charge is 0.323 e. The van der Waals surface area contributed by atoms with Crippen LogP contribution in [-0.4, -0.2) is 54.7 Å². The summed E-state index contributed by atoms with van der Waals surface area (Å²) in [4.78, 5) is 23.0. The predicted octanol–water partition coefficient (Wildman–Crippen LogP) is -1.11. The molecule has 0 aliphatic heterocycles. The fraction of sp³-hybridized carbons (Fsp3) is 0.750. The Labute approximate surface area is 82.6 Å². The maximum Gasteiger partial charge on any atom is 0.323 e. The normalized spacial score (nSPS) is 12.2. The largest absolute Gasteiger partial charge is 0.480 e. The number of amides is 1. The number of carboxylic acids is 1. The van der Waals surface area contributed by atoms with Crippen LogP contribution in [0.5, 0.6) is 0 Å². The zero-order valence-electron chi connectivity index (χ0n) is 8.40. The van der Waals surface area contributed by atoms with Crippen LogP contribution in [0.1, 0.15) is 6.92 Å². The number of aliphatic carboxylic acids is 1. The molecular formula is C8H16N2O4. The Bertz CT molecular complexity index is 206. The highest BCUT2D eigenvalue weighted by atomic mass is 16.5. The maximum absolute atomic E-state index is 11.4. The minimum absolute atomic E-state index is 0.239. The average Bonchev–Trinajstić information content (AvgIpc) is 2.10. The van der Waals surface area contributed by atoms with E-state index < -0.39 is 12.0 Å². The number of carbonyl (C=O) groups is 2. The molecule has 0 bridgehead atoms. The highest BCUT2D eigenvalue weighted by Crippen LogP contribution is 1.93. The van der Waals surface area contributed by atoms with E-state index in [9.17, 15) is 9.59 Å². The average molecular weight is 204 g/mol. The highest BCUT2D eigenvalue weighted by Gasteiger charge is 2.19. The van der Waals surface area contributed by atoms with Gasteiger partial charge in [0.1, 0.15) is 6.54 Å². The molecule has 0 unspecified atom stereocenters. The fourth-order valence-electron chi connectivity index (χ4n) is 0.920. The molecule has 0 aromatic rings. The minimum Gasteiger partial charge on any atom is -0.480 e. The van der Waals surface area contributed by atoms with Crippen LogP contribution in [0.4, 0.5) is 0 Å². The molecule has 1 amide bonds. The number of hydrogen-bond acceptors (Lipinski definition) is 4. The molecule has 0 rings (SSSR count). The third-order valence-corrected chi connectivity index (χ3v) is 1.59. The molecule has 0 saturated heterocycles. The highest BCUT2D eigenvalue weighted by molar-refractivity contribution is 5.84. The lowest BCUT2D eigenvalue weighted by Crippen LogP contribution is -2.45. The summed E-state index contributed by atoms with van der Waals surface area (Å²) in [6, 6.07) is -0.689. The molecule has 0 aliphatic carbocycles. The van der Waals surface area contributed by atoms with Gasteiger partial charge >= 0.3 is 5.97 Å². The van der Waals surface area contributed by atoms with Crippen LogP contribution in [0.15, 0.2) is 0 Å². The van der Waals surface area contributed by atoms with Crippen molar-refractivity contribution in [1.82, 2.24) is 4.90 Å². The quantitative estimate of drug-likeness (QED) is 0.572. The summed E-state index contributed by atoms with van der Waals surface area (Å²) < 4.78 is 4.76. The molecule has 0 heterocycles. The molecule has 0 aliphatic rings. The first-order valence-corrected chi connectivity index (χ1v) is 4.24. The summed E-state index contributed by atoms with van der Waals surface area (Å²) in [5.41, 5.74) is 5.36. The Morgan fingerprint density at radius 2 is 2.14 bits per heavy atom. The van der Waals surface area contributed by atoms with E-state index in [2.05, 4.69) is 0 Å². The predicted molar refractivity (Wildman–Crippen MR) is 49.7 cm³/mol. The lowest BCUT2D eigenvalue weighted by Gasteiger charge is -2.21. The first-order chi connectivity index (χ1) is 6.49. The van der Waals surface area contributed by atoms with E-state index in [0.717, 1.165) is 4.90 Å². The number of carboxylic acid groups (broad SMARTS) is 1. The van der Waals surface area contributed by atoms with Gasteiger partial charge in [-0.1, -0.05) is 0 Å². The Balaban J connectivity index is 4.22. The van der Waals surface area contributed by atoms with Crippen LogP contribution < -0.4 is 5.73 Å². The van der Waals surface area contributed by atoms with Gasteiger partial charge in [0.05, 0.1) is 12.6 Å². The molecule has 1 atom stereocenters. The van der Waals surface area contributed by atoms with Gasteiger partial charge in [-0.2, -0.15) is 0 Å². The molecule has 0 saturated carbocycles. The third-order valence-electron chi connectivity index (χ3n) is 1.59. The van der Waals surface area contributed by atoms with Crippen molar-refractivity contribution >= 4 is 11.9 Å². The second-order valence-corrected chi connectivity index (χ2v) is 2.94. The number of ether oxygens (including phenoxy) is 1. The van der Waals surface area contributed by atoms with Gasteiger partial charge in [-0.3, -0.25) is 9.59 Å². The topological polar surface area (TPSA) is 92.9 Å². The second-order valence-electron chi connectivity index (χ2n) is 2.94. The van der Waals surface area contributed by atoms with E-state index in [1.807, 2.05) is 0 Å². The zero-order chi connectivity index (χ0) is 11.1. The molecule has 0 aromatic heterocycles. The number of nitrogens with two attached hydrogens (primary N) is 1.